The smallest absolute Gasteiger partial charge is 0.257 e. The maximum atomic E-state index is 12.6. The third-order valence-corrected chi connectivity index (χ3v) is 6.12. The monoisotopic (exact) mass is 381 g/mol. The molecule has 0 aliphatic carbocycles. The number of likely N-dealkylation sites (tertiary alicyclic amines) is 1. The van der Waals surface area contributed by atoms with Crippen LogP contribution in [0.25, 0.3) is 11.1 Å². The summed E-state index contributed by atoms with van der Waals surface area (Å²) < 4.78 is 5.68. The first-order chi connectivity index (χ1) is 13.3. The second kappa shape index (κ2) is 6.84. The summed E-state index contributed by atoms with van der Waals surface area (Å²) in [5, 5.41) is 0.553. The van der Waals surface area contributed by atoms with Crippen LogP contribution in [-0.2, 0) is 4.79 Å². The lowest BCUT2D eigenvalue weighted by atomic mass is 10.0. The van der Waals surface area contributed by atoms with Gasteiger partial charge in [0.15, 0.2) is 5.58 Å². The second-order valence-electron chi connectivity index (χ2n) is 7.02. The van der Waals surface area contributed by atoms with Crippen LogP contribution in [0, 0.1) is 11.8 Å². The van der Waals surface area contributed by atoms with Gasteiger partial charge < -0.3 is 14.2 Å². The summed E-state index contributed by atoms with van der Waals surface area (Å²) in [6, 6.07) is 7.64. The molecule has 0 bridgehead atoms. The van der Waals surface area contributed by atoms with E-state index in [-0.39, 0.29) is 5.91 Å². The van der Waals surface area contributed by atoms with Gasteiger partial charge in [-0.3, -0.25) is 9.78 Å². The molecule has 138 valence electrons. The number of benzene rings is 1. The number of fused-ring (bicyclic) bond motifs is 2. The number of carbonyl (C=O) groups is 1. The summed E-state index contributed by atoms with van der Waals surface area (Å²) >= 11 is 1.37. The fourth-order valence-electron chi connectivity index (χ4n) is 3.97. The molecule has 2 atom stereocenters. The van der Waals surface area contributed by atoms with Gasteiger partial charge >= 0.3 is 0 Å². The molecule has 2 aromatic heterocycles. The lowest BCUT2D eigenvalue weighted by Crippen LogP contribution is -2.34. The maximum Gasteiger partial charge on any atom is 0.257 e. The van der Waals surface area contributed by atoms with Crippen LogP contribution in [0.15, 0.2) is 52.5 Å². The van der Waals surface area contributed by atoms with E-state index in [9.17, 15) is 4.79 Å². The largest absolute Gasteiger partial charge is 0.431 e. The van der Waals surface area contributed by atoms with Gasteiger partial charge in [0.05, 0.1) is 11.9 Å². The number of thioether (sulfide) groups is 1. The molecule has 8 heteroatoms. The number of hydrogen-bond donors (Lipinski definition) is 0. The SMILES string of the molecule is O=C(CSc1nc2ccccc2o1)N1CC2CN(c3cnccn3)CC2C1. The van der Waals surface area contributed by atoms with E-state index < -0.39 is 0 Å². The molecule has 27 heavy (non-hydrogen) atoms. The van der Waals surface area contributed by atoms with Gasteiger partial charge in [-0.15, -0.1) is 0 Å². The van der Waals surface area contributed by atoms with E-state index in [1.165, 1.54) is 11.8 Å². The highest BCUT2D eigenvalue weighted by Crippen LogP contribution is 2.33. The second-order valence-corrected chi connectivity index (χ2v) is 7.95. The number of aromatic nitrogens is 3. The average molecular weight is 381 g/mol. The molecule has 4 heterocycles. The van der Waals surface area contributed by atoms with Crippen LogP contribution in [0.1, 0.15) is 0 Å². The maximum absolute atomic E-state index is 12.6. The Hall–Kier alpha value is -2.61. The zero-order chi connectivity index (χ0) is 18.2. The number of nitrogens with zero attached hydrogens (tertiary/aromatic N) is 5. The highest BCUT2D eigenvalue weighted by Gasteiger charge is 2.41. The predicted octanol–water partition coefficient (Wildman–Crippen LogP) is 2.30. The van der Waals surface area contributed by atoms with Gasteiger partial charge in [-0.1, -0.05) is 23.9 Å². The highest BCUT2D eigenvalue weighted by molar-refractivity contribution is 7.99. The molecule has 0 N–H and O–H groups in total. The molecule has 0 radical (unpaired) electrons. The van der Waals surface area contributed by atoms with Gasteiger partial charge in [0.2, 0.25) is 5.91 Å². The lowest BCUT2D eigenvalue weighted by molar-refractivity contribution is -0.127. The van der Waals surface area contributed by atoms with E-state index in [4.69, 9.17) is 4.42 Å². The Bertz CT molecular complexity index is 916. The van der Waals surface area contributed by atoms with Gasteiger partial charge in [-0.25, -0.2) is 9.97 Å². The fraction of sp³-hybridized carbons (Fsp3) is 0.368. The zero-order valence-electron chi connectivity index (χ0n) is 14.7. The van der Waals surface area contributed by atoms with Crippen molar-refractivity contribution in [2.75, 3.05) is 36.8 Å². The average Bonchev–Trinajstić information content (AvgIpc) is 3.39. The first kappa shape index (κ1) is 16.6. The summed E-state index contributed by atoms with van der Waals surface area (Å²) in [6.07, 6.45) is 5.22. The normalized spacial score (nSPS) is 21.8. The number of anilines is 1. The van der Waals surface area contributed by atoms with Crippen LogP contribution in [0.4, 0.5) is 5.82 Å². The molecule has 5 rings (SSSR count). The standard InChI is InChI=1S/C19H19N5O2S/c25-18(12-27-19-22-15-3-1-2-4-16(15)26-19)24-10-13-8-23(9-14(13)11-24)17-7-20-5-6-21-17/h1-7,13-14H,8-12H2. The van der Waals surface area contributed by atoms with Crippen molar-refractivity contribution < 1.29 is 9.21 Å². The molecule has 0 spiro atoms. The number of oxazole rings is 1. The number of carbonyl (C=O) groups excluding carboxylic acids is 1. The summed E-state index contributed by atoms with van der Waals surface area (Å²) in [5.74, 6) is 2.45. The van der Waals surface area contributed by atoms with Crippen molar-refractivity contribution in [3.05, 3.63) is 42.9 Å². The fourth-order valence-corrected chi connectivity index (χ4v) is 4.71. The van der Waals surface area contributed by atoms with Crippen LogP contribution in [0.2, 0.25) is 0 Å². The molecule has 7 nitrogen and oxygen atoms in total. The lowest BCUT2D eigenvalue weighted by Gasteiger charge is -2.22. The summed E-state index contributed by atoms with van der Waals surface area (Å²) in [4.78, 5) is 29.8. The molecule has 2 aliphatic heterocycles. The number of rotatable bonds is 4. The van der Waals surface area contributed by atoms with Crippen molar-refractivity contribution in [3.63, 3.8) is 0 Å². The van der Waals surface area contributed by atoms with Crippen molar-refractivity contribution in [2.45, 2.75) is 5.22 Å². The molecule has 1 amide bonds. The molecular weight excluding hydrogens is 362 g/mol. The Morgan fingerprint density at radius 3 is 2.70 bits per heavy atom. The molecule has 3 aromatic rings. The Kier molecular flexibility index (Phi) is 4.20. The molecular formula is C19H19N5O2S. The van der Waals surface area contributed by atoms with E-state index >= 15 is 0 Å². The Morgan fingerprint density at radius 2 is 1.96 bits per heavy atom. The third kappa shape index (κ3) is 3.25. The minimum absolute atomic E-state index is 0.155. The van der Waals surface area contributed by atoms with E-state index in [0.29, 0.717) is 22.8 Å². The van der Waals surface area contributed by atoms with Gasteiger partial charge in [-0.2, -0.15) is 0 Å². The highest BCUT2D eigenvalue weighted by atomic mass is 32.2. The minimum atomic E-state index is 0.155. The van der Waals surface area contributed by atoms with Crippen molar-refractivity contribution in [1.82, 2.24) is 19.9 Å². The first-order valence-corrected chi connectivity index (χ1v) is 10.0. The van der Waals surface area contributed by atoms with Crippen molar-refractivity contribution >= 4 is 34.6 Å². The van der Waals surface area contributed by atoms with E-state index in [1.807, 2.05) is 29.2 Å². The Balaban J connectivity index is 1.16. The van der Waals surface area contributed by atoms with Gasteiger partial charge in [0.1, 0.15) is 11.3 Å². The molecule has 0 saturated carbocycles. The molecule has 2 aliphatic rings. The van der Waals surface area contributed by atoms with Crippen LogP contribution in [0.5, 0.6) is 0 Å². The first-order valence-electron chi connectivity index (χ1n) is 9.03. The van der Waals surface area contributed by atoms with Crippen molar-refractivity contribution in [3.8, 4) is 0 Å². The topological polar surface area (TPSA) is 75.4 Å². The third-order valence-electron chi connectivity index (χ3n) is 5.31. The minimum Gasteiger partial charge on any atom is -0.431 e. The molecule has 2 fully saturated rings. The zero-order valence-corrected chi connectivity index (χ0v) is 15.5. The Morgan fingerprint density at radius 1 is 1.15 bits per heavy atom. The van der Waals surface area contributed by atoms with Crippen LogP contribution in [-0.4, -0.2) is 57.7 Å². The van der Waals surface area contributed by atoms with E-state index in [1.54, 1.807) is 18.6 Å². The van der Waals surface area contributed by atoms with Crippen molar-refractivity contribution in [1.29, 1.82) is 0 Å². The number of para-hydroxylation sites is 2. The predicted molar refractivity (Wildman–Crippen MR) is 103 cm³/mol. The van der Waals surface area contributed by atoms with Crippen LogP contribution < -0.4 is 4.90 Å². The Labute approximate surface area is 160 Å². The molecule has 2 unspecified atom stereocenters. The number of hydrogen-bond acceptors (Lipinski definition) is 7. The van der Waals surface area contributed by atoms with Crippen molar-refractivity contribution in [2.24, 2.45) is 11.8 Å². The van der Waals surface area contributed by atoms with E-state index in [0.717, 1.165) is 43.1 Å². The molecule has 2 saturated heterocycles. The summed E-state index contributed by atoms with van der Waals surface area (Å²) in [7, 11) is 0. The quantitative estimate of drug-likeness (QED) is 0.642. The van der Waals surface area contributed by atoms with Gasteiger partial charge in [0.25, 0.3) is 5.22 Å². The van der Waals surface area contributed by atoms with E-state index in [2.05, 4.69) is 19.9 Å². The summed E-state index contributed by atoms with van der Waals surface area (Å²) in [5.41, 5.74) is 1.58. The van der Waals surface area contributed by atoms with Crippen LogP contribution >= 0.6 is 11.8 Å². The van der Waals surface area contributed by atoms with Gasteiger partial charge in [-0.05, 0) is 12.1 Å². The summed E-state index contributed by atoms with van der Waals surface area (Å²) in [6.45, 7) is 3.50. The molecule has 1 aromatic carbocycles. The number of amides is 1. The van der Waals surface area contributed by atoms with Gasteiger partial charge in [0, 0.05) is 50.4 Å². The van der Waals surface area contributed by atoms with Crippen LogP contribution in [0.3, 0.4) is 0 Å².